The third-order valence-electron chi connectivity index (χ3n) is 4.25. The maximum atomic E-state index is 6.51. The van der Waals surface area contributed by atoms with Crippen molar-refractivity contribution < 1.29 is 12.3 Å². The molecule has 0 aliphatic carbocycles. The van der Waals surface area contributed by atoms with Gasteiger partial charge in [-0.1, -0.05) is 20.8 Å². The van der Waals surface area contributed by atoms with E-state index in [1.54, 1.807) is 5.16 Å². The molecule has 0 aliphatic rings. The fourth-order valence-corrected chi connectivity index (χ4v) is 15.2. The minimum Gasteiger partial charge on any atom is -0.460 e. The molecule has 0 aliphatic heterocycles. The number of hydrogen-bond donors (Lipinski definition) is 0. The molecule has 0 saturated carbocycles. The van der Waals surface area contributed by atoms with Crippen LogP contribution in [0.3, 0.4) is 0 Å². The highest BCUT2D eigenvalue weighted by Gasteiger charge is 2.41. The Bertz CT molecular complexity index is 355. The summed E-state index contributed by atoms with van der Waals surface area (Å²) >= 11 is 0. The zero-order valence-electron chi connectivity index (χ0n) is 18.4. The molecule has 0 aromatic rings. The van der Waals surface area contributed by atoms with Crippen LogP contribution in [0.4, 0.5) is 0 Å². The van der Waals surface area contributed by atoms with Gasteiger partial charge in [0.05, 0.1) is 0 Å². The molecule has 3 nitrogen and oxygen atoms in total. The lowest BCUT2D eigenvalue weighted by atomic mass is 9.98. The first kappa shape index (κ1) is 25.2. The highest BCUT2D eigenvalue weighted by Crippen LogP contribution is 2.44. The van der Waals surface area contributed by atoms with Crippen molar-refractivity contribution in [2.45, 2.75) is 84.7 Å². The van der Waals surface area contributed by atoms with Crippen molar-refractivity contribution in [1.29, 1.82) is 0 Å². The molecule has 9 heteroatoms. The fraction of sp³-hybridized carbons (Fsp3) is 0.933. The normalized spacial score (nSPS) is 18.2. The minimum absolute atomic E-state index is 0.248. The Morgan fingerprint density at radius 1 is 0.708 bits per heavy atom. The first-order valence-corrected chi connectivity index (χ1v) is 23.3. The van der Waals surface area contributed by atoms with E-state index in [-0.39, 0.29) is 5.04 Å². The predicted octanol–water partition coefficient (Wildman–Crippen LogP) is 3.12. The summed E-state index contributed by atoms with van der Waals surface area (Å²) < 4.78 is 19.5. The van der Waals surface area contributed by atoms with Crippen LogP contribution in [0.1, 0.15) is 20.8 Å². The molecule has 0 spiro atoms. The van der Waals surface area contributed by atoms with Gasteiger partial charge < -0.3 is 12.3 Å². The Morgan fingerprint density at radius 3 is 1.29 bits per heavy atom. The Labute approximate surface area is 162 Å². The van der Waals surface area contributed by atoms with E-state index in [9.17, 15) is 0 Å². The van der Waals surface area contributed by atoms with Gasteiger partial charge in [0, 0.05) is 5.16 Å². The van der Waals surface area contributed by atoms with Crippen molar-refractivity contribution in [1.82, 2.24) is 0 Å². The van der Waals surface area contributed by atoms with Crippen LogP contribution in [0.2, 0.25) is 64.0 Å². The molecule has 0 fully saturated rings. The standard InChI is InChI=1S/C15H43O3Si6/c1-13(2)15(3,21-18-24(10,11)12)14(19-16-22(4,5)6)20-17-23(7,8)9/h13H,19-21H2,1-12H3. The lowest BCUT2D eigenvalue weighted by Crippen LogP contribution is -2.46. The van der Waals surface area contributed by atoms with Gasteiger partial charge in [0.25, 0.3) is 0 Å². The Balaban J connectivity index is 5.31. The van der Waals surface area contributed by atoms with E-state index in [0.717, 1.165) is 0 Å². The van der Waals surface area contributed by atoms with Crippen molar-refractivity contribution in [3.05, 3.63) is 5.16 Å². The molecule has 0 heterocycles. The molecule has 0 saturated heterocycles. The molecule has 0 N–H and O–H groups in total. The maximum absolute atomic E-state index is 6.51. The highest BCUT2D eigenvalue weighted by molar-refractivity contribution is 6.81. The van der Waals surface area contributed by atoms with E-state index < -0.39 is 54.2 Å². The molecule has 0 bridgehead atoms. The zero-order chi connectivity index (χ0) is 19.4. The van der Waals surface area contributed by atoms with Crippen LogP contribution < -0.4 is 0 Å². The van der Waals surface area contributed by atoms with Crippen LogP contribution in [0, 0.1) is 11.1 Å². The molecular weight excluding hydrogens is 397 g/mol. The first-order valence-electron chi connectivity index (χ1n) is 9.23. The van der Waals surface area contributed by atoms with Crippen LogP contribution in [-0.4, -0.2) is 54.2 Å². The lowest BCUT2D eigenvalue weighted by molar-refractivity contribution is 0.429. The van der Waals surface area contributed by atoms with Gasteiger partial charge in [-0.3, -0.25) is 0 Å². The van der Waals surface area contributed by atoms with E-state index in [1.807, 2.05) is 0 Å². The Morgan fingerprint density at radius 2 is 1.04 bits per heavy atom. The average Bonchev–Trinajstić information content (AvgIpc) is 2.32. The third kappa shape index (κ3) is 11.0. The highest BCUT2D eigenvalue weighted by atomic mass is 28.4. The van der Waals surface area contributed by atoms with E-state index in [1.165, 1.54) is 0 Å². The predicted molar refractivity (Wildman–Crippen MR) is 125 cm³/mol. The van der Waals surface area contributed by atoms with Gasteiger partial charge in [0.2, 0.25) is 0 Å². The molecule has 145 valence electrons. The molecular formula is C15H43O3Si6. The first-order chi connectivity index (χ1) is 10.5. The van der Waals surface area contributed by atoms with Gasteiger partial charge in [0.15, 0.2) is 54.2 Å². The molecule has 1 atom stereocenters. The van der Waals surface area contributed by atoms with Gasteiger partial charge in [-0.15, -0.1) is 0 Å². The van der Waals surface area contributed by atoms with Crippen molar-refractivity contribution >= 4 is 54.2 Å². The smallest absolute Gasteiger partial charge is 0.169 e. The van der Waals surface area contributed by atoms with Crippen LogP contribution in [0.25, 0.3) is 0 Å². The van der Waals surface area contributed by atoms with Gasteiger partial charge in [-0.25, -0.2) is 0 Å². The summed E-state index contributed by atoms with van der Waals surface area (Å²) in [5, 5.41) is 1.95. The summed E-state index contributed by atoms with van der Waals surface area (Å²) in [7, 11) is -6.33. The van der Waals surface area contributed by atoms with Crippen molar-refractivity contribution in [2.75, 3.05) is 0 Å². The Kier molecular flexibility index (Phi) is 9.86. The molecule has 1 radical (unpaired) electrons. The van der Waals surface area contributed by atoms with Crippen LogP contribution >= 0.6 is 0 Å². The summed E-state index contributed by atoms with van der Waals surface area (Å²) in [6, 6.07) is 0. The van der Waals surface area contributed by atoms with Crippen molar-refractivity contribution in [2.24, 2.45) is 5.92 Å². The molecule has 0 aromatic heterocycles. The molecule has 24 heavy (non-hydrogen) atoms. The molecule has 0 aromatic carbocycles. The summed E-state index contributed by atoms with van der Waals surface area (Å²) in [6.45, 7) is 28.0. The Hall–Kier alpha value is 1.18. The molecule has 1 unspecified atom stereocenters. The second kappa shape index (κ2) is 9.40. The number of rotatable bonds is 11. The largest absolute Gasteiger partial charge is 0.460 e. The van der Waals surface area contributed by atoms with E-state index in [4.69, 9.17) is 12.3 Å². The van der Waals surface area contributed by atoms with Crippen LogP contribution in [0.5, 0.6) is 0 Å². The van der Waals surface area contributed by atoms with Crippen molar-refractivity contribution in [3.8, 4) is 0 Å². The number of hydrogen-bond acceptors (Lipinski definition) is 3. The average molecular weight is 440 g/mol. The maximum Gasteiger partial charge on any atom is 0.169 e. The zero-order valence-corrected chi connectivity index (χ0v) is 25.7. The SMILES string of the molecule is CC(C)C(C)([SiH2]O[Si](C)(C)C)[C]([SiH2]O[Si](C)(C)C)[SiH2]O[Si](C)(C)C. The van der Waals surface area contributed by atoms with E-state index in [2.05, 4.69) is 79.7 Å². The summed E-state index contributed by atoms with van der Waals surface area (Å²) in [6.07, 6.45) is 0. The monoisotopic (exact) mass is 439 g/mol. The lowest BCUT2D eigenvalue weighted by Gasteiger charge is -2.43. The fourth-order valence-electron chi connectivity index (χ4n) is 2.02. The second-order valence-electron chi connectivity index (χ2n) is 10.4. The summed E-state index contributed by atoms with van der Waals surface area (Å²) in [5.41, 5.74) is 0. The van der Waals surface area contributed by atoms with Gasteiger partial charge in [-0.2, -0.15) is 0 Å². The van der Waals surface area contributed by atoms with E-state index >= 15 is 0 Å². The molecule has 0 rings (SSSR count). The third-order valence-corrected chi connectivity index (χ3v) is 22.8. The molecule has 0 amide bonds. The second-order valence-corrected chi connectivity index (χ2v) is 31.6. The van der Waals surface area contributed by atoms with Crippen LogP contribution in [-0.2, 0) is 12.3 Å². The van der Waals surface area contributed by atoms with Gasteiger partial charge in [-0.05, 0) is 69.9 Å². The van der Waals surface area contributed by atoms with Crippen LogP contribution in [0.15, 0.2) is 0 Å². The van der Waals surface area contributed by atoms with Gasteiger partial charge >= 0.3 is 0 Å². The van der Waals surface area contributed by atoms with Gasteiger partial charge in [0.1, 0.15) is 0 Å². The summed E-state index contributed by atoms with van der Waals surface area (Å²) in [5.74, 6) is 0.617. The summed E-state index contributed by atoms with van der Waals surface area (Å²) in [4.78, 5) is 0. The minimum atomic E-state index is -1.47. The quantitative estimate of drug-likeness (QED) is 0.463. The van der Waals surface area contributed by atoms with Crippen molar-refractivity contribution in [3.63, 3.8) is 0 Å². The van der Waals surface area contributed by atoms with E-state index in [0.29, 0.717) is 5.92 Å². The topological polar surface area (TPSA) is 27.7 Å².